The molecule has 25 heavy (non-hydrogen) atoms. The summed E-state index contributed by atoms with van der Waals surface area (Å²) in [6.45, 7) is 3.89. The molecule has 7 heteroatoms. The highest BCUT2D eigenvalue weighted by molar-refractivity contribution is 9.10. The summed E-state index contributed by atoms with van der Waals surface area (Å²) >= 11 is 3.50. The van der Waals surface area contributed by atoms with Gasteiger partial charge in [0, 0.05) is 42.6 Å². The topological polar surface area (TPSA) is 62.0 Å². The van der Waals surface area contributed by atoms with Crippen molar-refractivity contribution >= 4 is 21.9 Å². The minimum absolute atomic E-state index is 0.217. The molecule has 0 bridgehead atoms. The quantitative estimate of drug-likeness (QED) is 0.569. The van der Waals surface area contributed by atoms with Gasteiger partial charge in [-0.05, 0) is 47.1 Å². The molecule has 0 spiro atoms. The molecule has 2 rings (SSSR count). The molecule has 2 aromatic rings. The fourth-order valence-corrected chi connectivity index (χ4v) is 3.06. The predicted octanol–water partition coefficient (Wildman–Crippen LogP) is 3.10. The minimum Gasteiger partial charge on any atom is -0.508 e. The van der Waals surface area contributed by atoms with Crippen LogP contribution in [0.25, 0.3) is 0 Å². The smallest absolute Gasteiger partial charge is 0.194 e. The van der Waals surface area contributed by atoms with Gasteiger partial charge in [0.05, 0.1) is 20.2 Å². The lowest BCUT2D eigenvalue weighted by atomic mass is 10.2. The Kier molecular flexibility index (Phi) is 6.75. The molecule has 0 radical (unpaired) electrons. The lowest BCUT2D eigenvalue weighted by molar-refractivity contribution is 0.410. The van der Waals surface area contributed by atoms with Crippen LogP contribution in [0.15, 0.2) is 39.9 Å². The number of hydrogen-bond donors (Lipinski definition) is 2. The van der Waals surface area contributed by atoms with E-state index in [-0.39, 0.29) is 5.75 Å². The molecule has 0 aliphatic rings. The van der Waals surface area contributed by atoms with Crippen LogP contribution in [0.5, 0.6) is 11.5 Å². The van der Waals surface area contributed by atoms with E-state index in [1.165, 1.54) is 5.69 Å². The van der Waals surface area contributed by atoms with Crippen molar-refractivity contribution in [3.63, 3.8) is 0 Å². The zero-order valence-electron chi connectivity index (χ0n) is 15.1. The fourth-order valence-electron chi connectivity index (χ4n) is 2.49. The molecular formula is C18H25BrN4O2. The molecule has 6 nitrogen and oxygen atoms in total. The fraction of sp³-hybridized carbons (Fsp3) is 0.389. The number of methoxy groups -OCH3 is 1. The van der Waals surface area contributed by atoms with Crippen LogP contribution in [0.3, 0.4) is 0 Å². The number of hydrogen-bond acceptors (Lipinski definition) is 3. The number of phenols is 1. The van der Waals surface area contributed by atoms with Gasteiger partial charge in [-0.1, -0.05) is 0 Å². The first-order chi connectivity index (χ1) is 11.9. The highest BCUT2D eigenvalue weighted by atomic mass is 79.9. The molecule has 0 saturated heterocycles. The molecule has 0 saturated carbocycles. The van der Waals surface area contributed by atoms with Crippen LogP contribution in [-0.2, 0) is 20.1 Å². The molecule has 0 fully saturated rings. The average molecular weight is 409 g/mol. The first-order valence-corrected chi connectivity index (χ1v) is 8.90. The van der Waals surface area contributed by atoms with Crippen molar-refractivity contribution in [1.29, 1.82) is 0 Å². The van der Waals surface area contributed by atoms with Crippen molar-refractivity contribution in [1.82, 2.24) is 14.8 Å². The van der Waals surface area contributed by atoms with Gasteiger partial charge in [-0.3, -0.25) is 0 Å². The van der Waals surface area contributed by atoms with Gasteiger partial charge in [0.15, 0.2) is 5.96 Å². The first-order valence-electron chi connectivity index (χ1n) is 8.10. The van der Waals surface area contributed by atoms with Gasteiger partial charge in [-0.25, -0.2) is 4.99 Å². The number of benzene rings is 1. The van der Waals surface area contributed by atoms with Crippen molar-refractivity contribution in [2.45, 2.75) is 20.0 Å². The van der Waals surface area contributed by atoms with Crippen LogP contribution in [0.2, 0.25) is 0 Å². The second kappa shape index (κ2) is 8.80. The Bertz CT molecular complexity index is 743. The van der Waals surface area contributed by atoms with E-state index in [4.69, 9.17) is 4.74 Å². The Morgan fingerprint density at radius 1 is 1.40 bits per heavy atom. The summed E-state index contributed by atoms with van der Waals surface area (Å²) in [6, 6.07) is 7.25. The molecule has 0 atom stereocenters. The van der Waals surface area contributed by atoms with E-state index in [1.807, 2.05) is 27.2 Å². The summed E-state index contributed by atoms with van der Waals surface area (Å²) in [6.07, 6.45) is 2.03. The van der Waals surface area contributed by atoms with Crippen LogP contribution in [0.4, 0.5) is 0 Å². The first kappa shape index (κ1) is 19.2. The molecule has 136 valence electrons. The predicted molar refractivity (Wildman–Crippen MR) is 104 cm³/mol. The lowest BCUT2D eigenvalue weighted by Gasteiger charge is -2.22. The molecule has 0 amide bonds. The van der Waals surface area contributed by atoms with E-state index in [0.717, 1.165) is 29.1 Å². The maximum atomic E-state index is 10.0. The van der Waals surface area contributed by atoms with Gasteiger partial charge >= 0.3 is 0 Å². The number of aromatic hydroxyl groups is 1. The number of aryl methyl sites for hydroxylation is 1. The van der Waals surface area contributed by atoms with Crippen LogP contribution in [0.1, 0.15) is 18.2 Å². The third-order valence-corrected chi connectivity index (χ3v) is 4.29. The number of phenolic OH excluding ortho intramolecular Hbond substituents is 1. The van der Waals surface area contributed by atoms with Crippen molar-refractivity contribution in [2.24, 2.45) is 12.0 Å². The summed E-state index contributed by atoms with van der Waals surface area (Å²) in [7, 11) is 5.62. The standard InChI is InChI=1S/C18H25BrN4O2/c1-5-20-18(23(3)12-15-9-14(19)11-22(15)2)21-10-13-8-16(25-4)6-7-17(13)24/h6-9,11,24H,5,10,12H2,1-4H3,(H,20,21). The number of halogens is 1. The molecule has 1 heterocycles. The van der Waals surface area contributed by atoms with Gasteiger partial charge in [0.25, 0.3) is 0 Å². The summed E-state index contributed by atoms with van der Waals surface area (Å²) in [5.74, 6) is 1.70. The molecule has 1 aromatic carbocycles. The van der Waals surface area contributed by atoms with Gasteiger partial charge in [0.2, 0.25) is 0 Å². The number of aliphatic imine (C=N–C) groups is 1. The molecule has 1 aromatic heterocycles. The number of aromatic nitrogens is 1. The molecule has 2 N–H and O–H groups in total. The van der Waals surface area contributed by atoms with Crippen molar-refractivity contribution in [3.8, 4) is 11.5 Å². The van der Waals surface area contributed by atoms with Crippen LogP contribution >= 0.6 is 15.9 Å². The molecule has 0 aliphatic heterocycles. The van der Waals surface area contributed by atoms with Gasteiger partial charge in [0.1, 0.15) is 11.5 Å². The van der Waals surface area contributed by atoms with Crippen molar-refractivity contribution < 1.29 is 9.84 Å². The van der Waals surface area contributed by atoms with E-state index in [9.17, 15) is 5.11 Å². The Balaban J connectivity index is 2.16. The maximum absolute atomic E-state index is 10.0. The number of nitrogens with one attached hydrogen (secondary N) is 1. The summed E-state index contributed by atoms with van der Waals surface area (Å²) in [4.78, 5) is 6.71. The lowest BCUT2D eigenvalue weighted by Crippen LogP contribution is -2.38. The van der Waals surface area contributed by atoms with Gasteiger partial charge in [-0.2, -0.15) is 0 Å². The van der Waals surface area contributed by atoms with E-state index < -0.39 is 0 Å². The van der Waals surface area contributed by atoms with Crippen LogP contribution < -0.4 is 10.1 Å². The van der Waals surface area contributed by atoms with E-state index in [1.54, 1.807) is 25.3 Å². The number of guanidine groups is 1. The second-order valence-corrected chi connectivity index (χ2v) is 6.70. The summed E-state index contributed by atoms with van der Waals surface area (Å²) < 4.78 is 8.35. The zero-order valence-corrected chi connectivity index (χ0v) is 16.7. The normalized spacial score (nSPS) is 11.5. The Hall–Kier alpha value is -2.15. The Morgan fingerprint density at radius 2 is 2.16 bits per heavy atom. The number of ether oxygens (including phenoxy) is 1. The zero-order chi connectivity index (χ0) is 18.4. The summed E-state index contributed by atoms with van der Waals surface area (Å²) in [5, 5.41) is 13.3. The van der Waals surface area contributed by atoms with Crippen molar-refractivity contribution in [2.75, 3.05) is 20.7 Å². The Labute approximate surface area is 157 Å². The van der Waals surface area contributed by atoms with E-state index in [0.29, 0.717) is 12.3 Å². The molecular weight excluding hydrogens is 384 g/mol. The van der Waals surface area contributed by atoms with Gasteiger partial charge < -0.3 is 24.6 Å². The highest BCUT2D eigenvalue weighted by Crippen LogP contribution is 2.23. The third-order valence-electron chi connectivity index (χ3n) is 3.86. The monoisotopic (exact) mass is 408 g/mol. The minimum atomic E-state index is 0.217. The summed E-state index contributed by atoms with van der Waals surface area (Å²) in [5.41, 5.74) is 1.90. The largest absolute Gasteiger partial charge is 0.508 e. The maximum Gasteiger partial charge on any atom is 0.194 e. The number of rotatable bonds is 6. The van der Waals surface area contributed by atoms with Crippen LogP contribution in [-0.4, -0.2) is 41.2 Å². The average Bonchev–Trinajstić information content (AvgIpc) is 2.90. The van der Waals surface area contributed by atoms with Gasteiger partial charge in [-0.15, -0.1) is 0 Å². The second-order valence-electron chi connectivity index (χ2n) is 5.78. The van der Waals surface area contributed by atoms with Crippen LogP contribution in [0, 0.1) is 0 Å². The number of nitrogens with zero attached hydrogens (tertiary/aromatic N) is 3. The van der Waals surface area contributed by atoms with E-state index >= 15 is 0 Å². The SMILES string of the molecule is CCNC(=NCc1cc(OC)ccc1O)N(C)Cc1cc(Br)cn1C. The molecule has 0 aliphatic carbocycles. The van der Waals surface area contributed by atoms with Crippen molar-refractivity contribution in [3.05, 3.63) is 46.2 Å². The molecule has 0 unspecified atom stereocenters. The third kappa shape index (κ3) is 5.16. The highest BCUT2D eigenvalue weighted by Gasteiger charge is 2.10. The Morgan fingerprint density at radius 3 is 2.76 bits per heavy atom. The van der Waals surface area contributed by atoms with E-state index in [2.05, 4.69) is 41.8 Å².